The van der Waals surface area contributed by atoms with Crippen molar-refractivity contribution in [1.82, 2.24) is 9.78 Å². The summed E-state index contributed by atoms with van der Waals surface area (Å²) in [6.45, 7) is 1.77. The molecular weight excluding hydrogens is 359 g/mol. The molecule has 0 radical (unpaired) electrons. The van der Waals surface area contributed by atoms with Crippen molar-refractivity contribution < 1.29 is 14.3 Å². The van der Waals surface area contributed by atoms with Crippen molar-refractivity contribution >= 4 is 22.5 Å². The lowest BCUT2D eigenvalue weighted by molar-refractivity contribution is 0.100. The molecule has 3 aromatic rings. The number of carbonyl (C=O) groups is 1. The number of aliphatic hydroxyl groups is 1. The van der Waals surface area contributed by atoms with Crippen LogP contribution < -0.4 is 11.1 Å². The maximum Gasteiger partial charge on any atom is 0.250 e. The first-order valence-corrected chi connectivity index (χ1v) is 9.46. The zero-order valence-electron chi connectivity index (χ0n) is 15.7. The predicted molar refractivity (Wildman–Crippen MR) is 106 cm³/mol. The summed E-state index contributed by atoms with van der Waals surface area (Å²) in [7, 11) is 0. The van der Waals surface area contributed by atoms with Gasteiger partial charge >= 0.3 is 0 Å². The highest BCUT2D eigenvalue weighted by molar-refractivity contribution is 5.99. The molecule has 1 aliphatic carbocycles. The number of nitrogens with two attached hydrogens (primary N) is 1. The van der Waals surface area contributed by atoms with Crippen LogP contribution in [0.2, 0.25) is 0 Å². The number of primary amides is 1. The average Bonchev–Trinajstić information content (AvgIpc) is 3.01. The quantitative estimate of drug-likeness (QED) is 0.645. The number of hydrogen-bond donors (Lipinski definition) is 3. The van der Waals surface area contributed by atoms with Crippen LogP contribution in [0.25, 0.3) is 16.6 Å². The Labute approximate surface area is 162 Å². The number of halogens is 1. The molecule has 146 valence electrons. The molecular formula is C21H23FN4O2. The van der Waals surface area contributed by atoms with E-state index in [0.717, 1.165) is 25.7 Å². The normalized spacial score (nSPS) is 19.7. The predicted octanol–water partition coefficient (Wildman–Crippen LogP) is 3.29. The first-order valence-electron chi connectivity index (χ1n) is 9.46. The molecule has 0 spiro atoms. The standard InChI is InChI=1S/C21H23FN4O2/c1-12-20-17(22)3-2-4-19(20)26(25-12)14-7-10-16(21(23)28)18(11-14)24-13-5-8-15(27)9-6-13/h2-4,7,10-11,13,15,24,27H,5-6,8-9H2,1H3,(H2,23,28). The summed E-state index contributed by atoms with van der Waals surface area (Å²) in [6, 6.07) is 10.3. The van der Waals surface area contributed by atoms with Gasteiger partial charge in [-0.3, -0.25) is 4.79 Å². The van der Waals surface area contributed by atoms with Crippen LogP contribution in [0.4, 0.5) is 10.1 Å². The molecule has 1 heterocycles. The Bertz CT molecular complexity index is 1040. The Morgan fingerprint density at radius 2 is 2.00 bits per heavy atom. The molecule has 6 nitrogen and oxygen atoms in total. The number of aryl methyl sites for hydroxylation is 1. The van der Waals surface area contributed by atoms with Crippen molar-refractivity contribution in [3.63, 3.8) is 0 Å². The van der Waals surface area contributed by atoms with Crippen molar-refractivity contribution in [2.24, 2.45) is 5.73 Å². The number of fused-ring (bicyclic) bond motifs is 1. The third-order valence-corrected chi connectivity index (χ3v) is 5.40. The summed E-state index contributed by atoms with van der Waals surface area (Å²) in [5.74, 6) is -0.827. The van der Waals surface area contributed by atoms with E-state index in [-0.39, 0.29) is 18.0 Å². The van der Waals surface area contributed by atoms with Crippen LogP contribution in [0.3, 0.4) is 0 Å². The van der Waals surface area contributed by atoms with Crippen molar-refractivity contribution in [3.8, 4) is 5.69 Å². The molecule has 0 atom stereocenters. The van der Waals surface area contributed by atoms with E-state index in [4.69, 9.17) is 5.73 Å². The number of hydrogen-bond acceptors (Lipinski definition) is 4. The van der Waals surface area contributed by atoms with Gasteiger partial charge in [0.05, 0.1) is 34.0 Å². The molecule has 0 bridgehead atoms. The van der Waals surface area contributed by atoms with Crippen molar-refractivity contribution in [3.05, 3.63) is 53.5 Å². The van der Waals surface area contributed by atoms with E-state index in [1.165, 1.54) is 6.07 Å². The van der Waals surface area contributed by atoms with Gasteiger partial charge in [-0.1, -0.05) is 6.07 Å². The highest BCUT2D eigenvalue weighted by atomic mass is 19.1. The SMILES string of the molecule is Cc1nn(-c2ccc(C(N)=O)c(NC3CCC(O)CC3)c2)c2cccc(F)c12. The van der Waals surface area contributed by atoms with Gasteiger partial charge in [-0.2, -0.15) is 5.10 Å². The van der Waals surface area contributed by atoms with Crippen LogP contribution in [0.15, 0.2) is 36.4 Å². The van der Waals surface area contributed by atoms with E-state index in [0.29, 0.717) is 33.5 Å². The Morgan fingerprint density at radius 3 is 2.71 bits per heavy atom. The number of amides is 1. The van der Waals surface area contributed by atoms with E-state index in [1.807, 2.05) is 12.1 Å². The Balaban J connectivity index is 1.75. The fraction of sp³-hybridized carbons (Fsp3) is 0.333. The lowest BCUT2D eigenvalue weighted by Gasteiger charge is -2.27. The van der Waals surface area contributed by atoms with Gasteiger partial charge < -0.3 is 16.2 Å². The summed E-state index contributed by atoms with van der Waals surface area (Å²) in [5, 5.41) is 18.1. The van der Waals surface area contributed by atoms with Gasteiger partial charge in [0.15, 0.2) is 0 Å². The molecule has 1 saturated carbocycles. The zero-order valence-corrected chi connectivity index (χ0v) is 15.7. The van der Waals surface area contributed by atoms with Gasteiger partial charge in [0.2, 0.25) is 0 Å². The van der Waals surface area contributed by atoms with E-state index in [9.17, 15) is 14.3 Å². The smallest absolute Gasteiger partial charge is 0.250 e. The van der Waals surface area contributed by atoms with Crippen LogP contribution in [-0.4, -0.2) is 32.9 Å². The summed E-state index contributed by atoms with van der Waals surface area (Å²) in [5.41, 5.74) is 8.56. The molecule has 28 heavy (non-hydrogen) atoms. The van der Waals surface area contributed by atoms with Crippen molar-refractivity contribution in [2.75, 3.05) is 5.32 Å². The lowest BCUT2D eigenvalue weighted by Crippen LogP contribution is -2.29. The van der Waals surface area contributed by atoms with Crippen LogP contribution in [0.1, 0.15) is 41.7 Å². The summed E-state index contributed by atoms with van der Waals surface area (Å²) < 4.78 is 15.9. The number of carbonyl (C=O) groups excluding carboxylic acids is 1. The fourth-order valence-corrected chi connectivity index (χ4v) is 3.94. The number of anilines is 1. The van der Waals surface area contributed by atoms with Crippen LogP contribution in [0, 0.1) is 12.7 Å². The third-order valence-electron chi connectivity index (χ3n) is 5.40. The minimum atomic E-state index is -0.516. The summed E-state index contributed by atoms with van der Waals surface area (Å²) >= 11 is 0. The average molecular weight is 382 g/mol. The number of benzene rings is 2. The molecule has 7 heteroatoms. The van der Waals surface area contributed by atoms with Gasteiger partial charge in [-0.25, -0.2) is 9.07 Å². The monoisotopic (exact) mass is 382 g/mol. The molecule has 1 fully saturated rings. The molecule has 1 aromatic heterocycles. The fourth-order valence-electron chi connectivity index (χ4n) is 3.94. The van der Waals surface area contributed by atoms with Gasteiger partial charge in [0.1, 0.15) is 5.82 Å². The highest BCUT2D eigenvalue weighted by Gasteiger charge is 2.21. The molecule has 4 rings (SSSR count). The molecule has 0 aliphatic heterocycles. The number of aliphatic hydroxyl groups excluding tert-OH is 1. The largest absolute Gasteiger partial charge is 0.393 e. The van der Waals surface area contributed by atoms with Gasteiger partial charge in [-0.15, -0.1) is 0 Å². The Hall–Kier alpha value is -2.93. The summed E-state index contributed by atoms with van der Waals surface area (Å²) in [6.07, 6.45) is 2.84. The Morgan fingerprint density at radius 1 is 1.25 bits per heavy atom. The maximum absolute atomic E-state index is 14.2. The van der Waals surface area contributed by atoms with Crippen molar-refractivity contribution in [2.45, 2.75) is 44.8 Å². The minimum absolute atomic E-state index is 0.158. The van der Waals surface area contributed by atoms with E-state index >= 15 is 0 Å². The number of nitrogens with zero attached hydrogens (tertiary/aromatic N) is 2. The second-order valence-electron chi connectivity index (χ2n) is 7.38. The van der Waals surface area contributed by atoms with Crippen molar-refractivity contribution in [1.29, 1.82) is 0 Å². The Kier molecular flexibility index (Phi) is 4.77. The number of aromatic nitrogens is 2. The second-order valence-corrected chi connectivity index (χ2v) is 7.38. The lowest BCUT2D eigenvalue weighted by atomic mass is 9.92. The van der Waals surface area contributed by atoms with Crippen LogP contribution >= 0.6 is 0 Å². The zero-order chi connectivity index (χ0) is 19.8. The van der Waals surface area contributed by atoms with E-state index in [1.54, 1.807) is 29.8 Å². The molecule has 0 unspecified atom stereocenters. The molecule has 0 saturated heterocycles. The van der Waals surface area contributed by atoms with Crippen LogP contribution in [0.5, 0.6) is 0 Å². The molecule has 2 aromatic carbocycles. The number of rotatable bonds is 4. The van der Waals surface area contributed by atoms with Gasteiger partial charge in [0, 0.05) is 11.7 Å². The highest BCUT2D eigenvalue weighted by Crippen LogP contribution is 2.29. The first-order chi connectivity index (χ1) is 13.4. The van der Waals surface area contributed by atoms with E-state index < -0.39 is 5.91 Å². The first kappa shape index (κ1) is 18.4. The topological polar surface area (TPSA) is 93.2 Å². The summed E-state index contributed by atoms with van der Waals surface area (Å²) in [4.78, 5) is 11.9. The molecule has 4 N–H and O–H groups in total. The second kappa shape index (κ2) is 7.24. The molecule has 1 aliphatic rings. The minimum Gasteiger partial charge on any atom is -0.393 e. The van der Waals surface area contributed by atoms with Gasteiger partial charge in [0.25, 0.3) is 5.91 Å². The maximum atomic E-state index is 14.2. The molecule has 1 amide bonds. The van der Waals surface area contributed by atoms with Crippen LogP contribution in [-0.2, 0) is 0 Å². The number of nitrogens with one attached hydrogen (secondary N) is 1. The van der Waals surface area contributed by atoms with Gasteiger partial charge in [-0.05, 0) is 62.9 Å². The van der Waals surface area contributed by atoms with E-state index in [2.05, 4.69) is 10.4 Å². The third kappa shape index (κ3) is 3.33.